The van der Waals surface area contributed by atoms with Crippen LogP contribution in [0.25, 0.3) is 32.7 Å². The molecule has 0 unspecified atom stereocenters. The minimum Gasteiger partial charge on any atom is -0.0683 e. The van der Waals surface area contributed by atoms with Gasteiger partial charge in [0, 0.05) is 5.41 Å². The molecule has 158 valence electrons. The molecule has 0 heteroatoms. The molecule has 0 spiro atoms. The van der Waals surface area contributed by atoms with Crippen molar-refractivity contribution in [2.45, 2.75) is 60.8 Å². The molecule has 0 aromatic heterocycles. The van der Waals surface area contributed by atoms with E-state index in [4.69, 9.17) is 0 Å². The second kappa shape index (κ2) is 7.68. The summed E-state index contributed by atoms with van der Waals surface area (Å²) < 4.78 is 0. The van der Waals surface area contributed by atoms with E-state index in [9.17, 15) is 0 Å². The Morgan fingerprint density at radius 1 is 0.613 bits per heavy atom. The quantitative estimate of drug-likeness (QED) is 0.276. The van der Waals surface area contributed by atoms with Crippen LogP contribution < -0.4 is 0 Å². The van der Waals surface area contributed by atoms with Crippen LogP contribution in [0.1, 0.15) is 68.0 Å². The first kappa shape index (κ1) is 21.4. The van der Waals surface area contributed by atoms with Crippen LogP contribution in [0.5, 0.6) is 0 Å². The highest BCUT2D eigenvalue weighted by atomic mass is 14.4. The minimum absolute atomic E-state index is 0.0191. The highest BCUT2D eigenvalue weighted by molar-refractivity contribution is 6.08. The monoisotopic (exact) mass is 406 g/mol. The van der Waals surface area contributed by atoms with Crippen molar-refractivity contribution in [2.24, 2.45) is 0 Å². The third kappa shape index (κ3) is 3.12. The molecule has 0 fully saturated rings. The standard InChI is InChI=1S/C29H28.C2H6/c1-17-11-13-22-19(3)26-16-21(12-14-23(26)18(2)25(22)15-17)28-20(4)24-9-7-8-10-27(24)29(28,5)6;1-2/h7-16H,1-6H3;1-2H3. The summed E-state index contributed by atoms with van der Waals surface area (Å²) in [7, 11) is 0. The number of hydrogen-bond acceptors (Lipinski definition) is 0. The maximum Gasteiger partial charge on any atom is 0.0161 e. The summed E-state index contributed by atoms with van der Waals surface area (Å²) >= 11 is 0. The van der Waals surface area contributed by atoms with Gasteiger partial charge >= 0.3 is 0 Å². The van der Waals surface area contributed by atoms with Crippen molar-refractivity contribution in [1.82, 2.24) is 0 Å². The Balaban J connectivity index is 0.00000112. The van der Waals surface area contributed by atoms with Gasteiger partial charge in [0.05, 0.1) is 0 Å². The van der Waals surface area contributed by atoms with Gasteiger partial charge in [0.1, 0.15) is 0 Å². The molecule has 1 aliphatic rings. The van der Waals surface area contributed by atoms with E-state index in [0.717, 1.165) is 0 Å². The van der Waals surface area contributed by atoms with Crippen molar-refractivity contribution in [3.63, 3.8) is 0 Å². The first-order valence-electron chi connectivity index (χ1n) is 11.6. The zero-order valence-electron chi connectivity index (χ0n) is 20.3. The Hall–Kier alpha value is -2.86. The first-order valence-corrected chi connectivity index (χ1v) is 11.6. The molecule has 0 N–H and O–H groups in total. The van der Waals surface area contributed by atoms with Gasteiger partial charge in [-0.25, -0.2) is 0 Å². The van der Waals surface area contributed by atoms with Crippen molar-refractivity contribution in [3.8, 4) is 0 Å². The van der Waals surface area contributed by atoms with Crippen LogP contribution in [0.2, 0.25) is 0 Å². The van der Waals surface area contributed by atoms with E-state index in [-0.39, 0.29) is 5.41 Å². The molecular weight excluding hydrogens is 372 g/mol. The summed E-state index contributed by atoms with van der Waals surface area (Å²) in [5, 5.41) is 5.50. The van der Waals surface area contributed by atoms with E-state index in [1.165, 1.54) is 66.1 Å². The summed E-state index contributed by atoms with van der Waals surface area (Å²) in [6, 6.07) is 22.8. The molecule has 1 aliphatic carbocycles. The van der Waals surface area contributed by atoms with Crippen LogP contribution in [0.15, 0.2) is 60.7 Å². The molecule has 31 heavy (non-hydrogen) atoms. The van der Waals surface area contributed by atoms with Crippen LogP contribution in [-0.2, 0) is 5.41 Å². The van der Waals surface area contributed by atoms with Gasteiger partial charge in [0.15, 0.2) is 0 Å². The second-order valence-corrected chi connectivity index (χ2v) is 9.23. The topological polar surface area (TPSA) is 0 Å². The van der Waals surface area contributed by atoms with E-state index < -0.39 is 0 Å². The third-order valence-corrected chi connectivity index (χ3v) is 7.10. The van der Waals surface area contributed by atoms with Gasteiger partial charge in [0.2, 0.25) is 0 Å². The average Bonchev–Trinajstić information content (AvgIpc) is 2.98. The lowest BCUT2D eigenvalue weighted by atomic mass is 9.77. The molecule has 0 amide bonds. The fourth-order valence-corrected chi connectivity index (χ4v) is 5.59. The first-order chi connectivity index (χ1) is 14.8. The Bertz CT molecular complexity index is 1350. The van der Waals surface area contributed by atoms with Gasteiger partial charge in [0.25, 0.3) is 0 Å². The molecule has 0 nitrogen and oxygen atoms in total. The number of hydrogen-bond donors (Lipinski definition) is 0. The molecule has 0 atom stereocenters. The summed E-state index contributed by atoms with van der Waals surface area (Å²) in [4.78, 5) is 0. The fourth-order valence-electron chi connectivity index (χ4n) is 5.59. The lowest BCUT2D eigenvalue weighted by Crippen LogP contribution is -2.16. The number of rotatable bonds is 1. The Kier molecular flexibility index (Phi) is 5.30. The van der Waals surface area contributed by atoms with Crippen molar-refractivity contribution < 1.29 is 0 Å². The van der Waals surface area contributed by atoms with E-state index in [2.05, 4.69) is 102 Å². The fraction of sp³-hybridized carbons (Fsp3) is 0.290. The highest BCUT2D eigenvalue weighted by Crippen LogP contribution is 2.51. The highest BCUT2D eigenvalue weighted by Gasteiger charge is 2.36. The van der Waals surface area contributed by atoms with E-state index in [0.29, 0.717) is 0 Å². The van der Waals surface area contributed by atoms with E-state index >= 15 is 0 Å². The van der Waals surface area contributed by atoms with Crippen molar-refractivity contribution in [1.29, 1.82) is 0 Å². The van der Waals surface area contributed by atoms with E-state index in [1.54, 1.807) is 0 Å². The molecule has 0 saturated carbocycles. The molecule has 0 radical (unpaired) electrons. The summed E-state index contributed by atoms with van der Waals surface area (Å²) in [5.74, 6) is 0. The Morgan fingerprint density at radius 2 is 1.19 bits per heavy atom. The van der Waals surface area contributed by atoms with Gasteiger partial charge in [-0.05, 0) is 94.3 Å². The number of fused-ring (bicyclic) bond motifs is 3. The number of benzene rings is 4. The van der Waals surface area contributed by atoms with Crippen LogP contribution in [0.3, 0.4) is 0 Å². The van der Waals surface area contributed by atoms with Gasteiger partial charge in [-0.2, -0.15) is 0 Å². The van der Waals surface area contributed by atoms with Crippen molar-refractivity contribution >= 4 is 32.7 Å². The molecule has 5 rings (SSSR count). The van der Waals surface area contributed by atoms with Crippen molar-refractivity contribution in [2.75, 3.05) is 0 Å². The van der Waals surface area contributed by atoms with Gasteiger partial charge in [-0.3, -0.25) is 0 Å². The van der Waals surface area contributed by atoms with Crippen LogP contribution >= 0.6 is 0 Å². The molecular formula is C31H34. The summed E-state index contributed by atoms with van der Waals surface area (Å²) in [5.41, 5.74) is 11.2. The Morgan fingerprint density at radius 3 is 1.84 bits per heavy atom. The zero-order chi connectivity index (χ0) is 22.5. The summed E-state index contributed by atoms with van der Waals surface area (Å²) in [6.07, 6.45) is 0. The van der Waals surface area contributed by atoms with Crippen LogP contribution in [-0.4, -0.2) is 0 Å². The van der Waals surface area contributed by atoms with Gasteiger partial charge in [-0.15, -0.1) is 0 Å². The number of aryl methyl sites for hydroxylation is 3. The maximum absolute atomic E-state index is 2.43. The van der Waals surface area contributed by atoms with Gasteiger partial charge in [-0.1, -0.05) is 87.9 Å². The SMILES string of the molecule is CC.CC1=C(c2ccc3c(C)c4cc(C)ccc4c(C)c3c2)C(C)(C)c2ccccc21. The largest absolute Gasteiger partial charge is 0.0683 e. The third-order valence-electron chi connectivity index (χ3n) is 7.10. The number of allylic oxidation sites excluding steroid dienone is 2. The summed E-state index contributed by atoms with van der Waals surface area (Å²) in [6.45, 7) is 17.7. The predicted octanol–water partition coefficient (Wildman–Crippen LogP) is 9.17. The lowest BCUT2D eigenvalue weighted by molar-refractivity contribution is 0.704. The van der Waals surface area contributed by atoms with Crippen molar-refractivity contribution in [3.05, 3.63) is 94.0 Å². The molecule has 0 heterocycles. The second-order valence-electron chi connectivity index (χ2n) is 9.23. The van der Waals surface area contributed by atoms with Crippen LogP contribution in [0.4, 0.5) is 0 Å². The minimum atomic E-state index is 0.0191. The lowest BCUT2D eigenvalue weighted by Gasteiger charge is -2.26. The predicted molar refractivity (Wildman–Crippen MR) is 139 cm³/mol. The molecule has 0 saturated heterocycles. The molecule has 0 bridgehead atoms. The Labute approximate surface area is 187 Å². The average molecular weight is 407 g/mol. The smallest absolute Gasteiger partial charge is 0.0161 e. The molecule has 4 aromatic rings. The molecule has 4 aromatic carbocycles. The van der Waals surface area contributed by atoms with Crippen LogP contribution in [0, 0.1) is 20.8 Å². The van der Waals surface area contributed by atoms with Gasteiger partial charge < -0.3 is 0 Å². The molecule has 0 aliphatic heterocycles. The van der Waals surface area contributed by atoms with E-state index in [1.807, 2.05) is 13.8 Å². The maximum atomic E-state index is 2.43. The zero-order valence-corrected chi connectivity index (χ0v) is 20.3. The normalized spacial score (nSPS) is 14.6.